The number of ether oxygens (including phenoxy) is 2. The van der Waals surface area contributed by atoms with Crippen molar-refractivity contribution in [3.05, 3.63) is 28.8 Å². The molecule has 1 atom stereocenters. The SMILES string of the molecule is CCOC(CCOc1ccc(C)cc1Cl)C(=O)O. The van der Waals surface area contributed by atoms with Gasteiger partial charge in [0.25, 0.3) is 0 Å². The number of hydrogen-bond donors (Lipinski definition) is 1. The van der Waals surface area contributed by atoms with E-state index in [0.29, 0.717) is 17.4 Å². The Morgan fingerprint density at radius 2 is 2.22 bits per heavy atom. The smallest absolute Gasteiger partial charge is 0.332 e. The summed E-state index contributed by atoms with van der Waals surface area (Å²) in [4.78, 5) is 10.8. The molecule has 0 spiro atoms. The lowest BCUT2D eigenvalue weighted by Crippen LogP contribution is -2.26. The number of rotatable bonds is 7. The second-order valence-corrected chi connectivity index (χ2v) is 4.26. The van der Waals surface area contributed by atoms with Crippen molar-refractivity contribution in [2.24, 2.45) is 0 Å². The summed E-state index contributed by atoms with van der Waals surface area (Å²) in [5.74, 6) is -0.418. The molecule has 1 aromatic rings. The first-order chi connectivity index (χ1) is 8.54. The van der Waals surface area contributed by atoms with Crippen molar-refractivity contribution in [1.82, 2.24) is 0 Å². The number of hydrogen-bond acceptors (Lipinski definition) is 3. The molecule has 0 saturated carbocycles. The minimum atomic E-state index is -0.976. The van der Waals surface area contributed by atoms with Gasteiger partial charge in [0, 0.05) is 13.0 Å². The summed E-state index contributed by atoms with van der Waals surface area (Å²) in [5, 5.41) is 9.41. The lowest BCUT2D eigenvalue weighted by atomic mass is 10.2. The van der Waals surface area contributed by atoms with E-state index in [1.54, 1.807) is 19.1 Å². The molecule has 0 saturated heterocycles. The van der Waals surface area contributed by atoms with E-state index in [4.69, 9.17) is 26.2 Å². The van der Waals surface area contributed by atoms with Gasteiger partial charge in [0.15, 0.2) is 6.10 Å². The Labute approximate surface area is 111 Å². The maximum absolute atomic E-state index is 10.8. The molecule has 4 nitrogen and oxygen atoms in total. The first-order valence-corrected chi connectivity index (χ1v) is 6.15. The van der Waals surface area contributed by atoms with E-state index in [-0.39, 0.29) is 13.0 Å². The molecule has 1 rings (SSSR count). The number of benzene rings is 1. The maximum atomic E-state index is 10.8. The standard InChI is InChI=1S/C13H17ClO4/c1-3-17-12(13(15)16)6-7-18-11-5-4-9(2)8-10(11)14/h4-5,8,12H,3,6-7H2,1-2H3,(H,15,16). The Hall–Kier alpha value is -1.26. The topological polar surface area (TPSA) is 55.8 Å². The van der Waals surface area contributed by atoms with Crippen LogP contribution in [-0.2, 0) is 9.53 Å². The van der Waals surface area contributed by atoms with Crippen LogP contribution in [0.3, 0.4) is 0 Å². The molecule has 0 aliphatic heterocycles. The predicted octanol–water partition coefficient (Wildman–Crippen LogP) is 2.91. The maximum Gasteiger partial charge on any atom is 0.332 e. The van der Waals surface area contributed by atoms with Crippen molar-refractivity contribution < 1.29 is 19.4 Å². The fraction of sp³-hybridized carbons (Fsp3) is 0.462. The molecule has 0 aliphatic rings. The quantitative estimate of drug-likeness (QED) is 0.829. The number of aliphatic carboxylic acids is 1. The van der Waals surface area contributed by atoms with Crippen LogP contribution in [-0.4, -0.2) is 30.4 Å². The minimum Gasteiger partial charge on any atom is -0.492 e. The van der Waals surface area contributed by atoms with Crippen LogP contribution in [0.5, 0.6) is 5.75 Å². The first-order valence-electron chi connectivity index (χ1n) is 5.78. The Morgan fingerprint density at radius 1 is 1.50 bits per heavy atom. The lowest BCUT2D eigenvalue weighted by molar-refractivity contribution is -0.150. The Morgan fingerprint density at radius 3 is 2.78 bits per heavy atom. The van der Waals surface area contributed by atoms with Gasteiger partial charge in [0.05, 0.1) is 11.6 Å². The molecule has 0 aliphatic carbocycles. The zero-order chi connectivity index (χ0) is 13.5. The molecule has 0 amide bonds. The van der Waals surface area contributed by atoms with Gasteiger partial charge < -0.3 is 14.6 Å². The monoisotopic (exact) mass is 272 g/mol. The van der Waals surface area contributed by atoms with E-state index in [0.717, 1.165) is 5.56 Å². The zero-order valence-electron chi connectivity index (χ0n) is 10.5. The Kier molecular flexibility index (Phi) is 5.95. The minimum absolute atomic E-state index is 0.250. The van der Waals surface area contributed by atoms with Crippen LogP contribution in [0.4, 0.5) is 0 Å². The summed E-state index contributed by atoms with van der Waals surface area (Å²) in [7, 11) is 0. The van der Waals surface area contributed by atoms with E-state index >= 15 is 0 Å². The Bertz CT molecular complexity index is 406. The highest BCUT2D eigenvalue weighted by Gasteiger charge is 2.17. The zero-order valence-corrected chi connectivity index (χ0v) is 11.2. The van der Waals surface area contributed by atoms with Gasteiger partial charge in [0.2, 0.25) is 0 Å². The van der Waals surface area contributed by atoms with Crippen molar-refractivity contribution >= 4 is 17.6 Å². The molecule has 0 bridgehead atoms. The molecule has 1 N–H and O–H groups in total. The number of halogens is 1. The molecule has 5 heteroatoms. The average molecular weight is 273 g/mol. The number of carboxylic acids is 1. The summed E-state index contributed by atoms with van der Waals surface area (Å²) in [6, 6.07) is 5.46. The molecule has 0 fully saturated rings. The molecule has 1 unspecified atom stereocenters. The molecule has 18 heavy (non-hydrogen) atoms. The van der Waals surface area contributed by atoms with Gasteiger partial charge in [-0.3, -0.25) is 0 Å². The van der Waals surface area contributed by atoms with Gasteiger partial charge >= 0.3 is 5.97 Å². The van der Waals surface area contributed by atoms with Crippen molar-refractivity contribution in [1.29, 1.82) is 0 Å². The summed E-state index contributed by atoms with van der Waals surface area (Å²) >= 11 is 6.00. The number of carboxylic acid groups (broad SMARTS) is 1. The van der Waals surface area contributed by atoms with Crippen LogP contribution in [0, 0.1) is 6.92 Å². The third-order valence-electron chi connectivity index (χ3n) is 2.37. The molecule has 0 aromatic heterocycles. The van der Waals surface area contributed by atoms with Crippen molar-refractivity contribution in [2.45, 2.75) is 26.4 Å². The molecule has 0 heterocycles. The summed E-state index contributed by atoms with van der Waals surface area (Å²) in [6.07, 6.45) is -0.549. The molecule has 1 aromatic carbocycles. The van der Waals surface area contributed by atoms with E-state index in [9.17, 15) is 4.79 Å². The third-order valence-corrected chi connectivity index (χ3v) is 2.66. The second kappa shape index (κ2) is 7.24. The van der Waals surface area contributed by atoms with Crippen LogP contribution in [0.25, 0.3) is 0 Å². The second-order valence-electron chi connectivity index (χ2n) is 3.85. The van der Waals surface area contributed by atoms with Crippen molar-refractivity contribution in [3.63, 3.8) is 0 Å². The average Bonchev–Trinajstić information content (AvgIpc) is 2.30. The van der Waals surface area contributed by atoms with E-state index in [2.05, 4.69) is 0 Å². The molecular formula is C13H17ClO4. The van der Waals surface area contributed by atoms with Gasteiger partial charge in [-0.15, -0.1) is 0 Å². The predicted molar refractivity (Wildman–Crippen MR) is 69.4 cm³/mol. The number of aryl methyl sites for hydroxylation is 1. The highest BCUT2D eigenvalue weighted by Crippen LogP contribution is 2.25. The fourth-order valence-electron chi connectivity index (χ4n) is 1.48. The van der Waals surface area contributed by atoms with E-state index in [1.807, 2.05) is 13.0 Å². The van der Waals surface area contributed by atoms with Crippen LogP contribution in [0.15, 0.2) is 18.2 Å². The Balaban J connectivity index is 2.47. The normalized spacial score (nSPS) is 12.2. The largest absolute Gasteiger partial charge is 0.492 e. The van der Waals surface area contributed by atoms with E-state index in [1.165, 1.54) is 0 Å². The van der Waals surface area contributed by atoms with Crippen molar-refractivity contribution in [2.75, 3.05) is 13.2 Å². The summed E-state index contributed by atoms with van der Waals surface area (Å²) in [6.45, 7) is 4.31. The fourth-order valence-corrected chi connectivity index (χ4v) is 1.77. The van der Waals surface area contributed by atoms with Gasteiger partial charge in [0.1, 0.15) is 5.75 Å². The number of carbonyl (C=O) groups is 1. The molecular weight excluding hydrogens is 256 g/mol. The van der Waals surface area contributed by atoms with Crippen LogP contribution in [0.2, 0.25) is 5.02 Å². The third kappa shape index (κ3) is 4.55. The van der Waals surface area contributed by atoms with Gasteiger partial charge in [-0.2, -0.15) is 0 Å². The summed E-state index contributed by atoms with van der Waals surface area (Å²) < 4.78 is 10.5. The van der Waals surface area contributed by atoms with Crippen LogP contribution in [0.1, 0.15) is 18.9 Å². The van der Waals surface area contributed by atoms with Crippen molar-refractivity contribution in [3.8, 4) is 5.75 Å². The first kappa shape index (κ1) is 14.8. The highest BCUT2D eigenvalue weighted by atomic mass is 35.5. The lowest BCUT2D eigenvalue weighted by Gasteiger charge is -2.13. The summed E-state index contributed by atoms with van der Waals surface area (Å²) in [5.41, 5.74) is 1.05. The van der Waals surface area contributed by atoms with Gasteiger partial charge in [-0.1, -0.05) is 17.7 Å². The van der Waals surface area contributed by atoms with Crippen LogP contribution < -0.4 is 4.74 Å². The highest BCUT2D eigenvalue weighted by molar-refractivity contribution is 6.32. The molecule has 100 valence electrons. The van der Waals surface area contributed by atoms with E-state index < -0.39 is 12.1 Å². The van der Waals surface area contributed by atoms with Gasteiger partial charge in [-0.25, -0.2) is 4.79 Å². The van der Waals surface area contributed by atoms with Gasteiger partial charge in [-0.05, 0) is 31.5 Å². The van der Waals surface area contributed by atoms with Crippen LogP contribution >= 0.6 is 11.6 Å². The molecule has 0 radical (unpaired) electrons.